The van der Waals surface area contributed by atoms with Crippen molar-refractivity contribution in [1.29, 1.82) is 0 Å². The molecule has 5 nitrogen and oxygen atoms in total. The smallest absolute Gasteiger partial charge is 0.137 e. The van der Waals surface area contributed by atoms with E-state index in [1.807, 2.05) is 18.6 Å². The molecule has 0 atom stereocenters. The lowest BCUT2D eigenvalue weighted by Gasteiger charge is -2.10. The fraction of sp³-hybridized carbons (Fsp3) is 0.115. The molecule has 0 saturated heterocycles. The zero-order valence-corrected chi connectivity index (χ0v) is 17.2. The number of hydrogen-bond donors (Lipinski definition) is 1. The second-order valence-electron chi connectivity index (χ2n) is 7.91. The summed E-state index contributed by atoms with van der Waals surface area (Å²) < 4.78 is 2.32. The normalized spacial score (nSPS) is 11.6. The van der Waals surface area contributed by atoms with Gasteiger partial charge in [0.1, 0.15) is 17.0 Å². The number of fused-ring (bicyclic) bond motifs is 4. The maximum absolute atomic E-state index is 4.80. The summed E-state index contributed by atoms with van der Waals surface area (Å²) in [5, 5.41) is 2.23. The summed E-state index contributed by atoms with van der Waals surface area (Å²) >= 11 is 0. The molecule has 0 spiro atoms. The Morgan fingerprint density at radius 1 is 0.871 bits per heavy atom. The predicted molar refractivity (Wildman–Crippen MR) is 125 cm³/mol. The Morgan fingerprint density at radius 2 is 1.77 bits per heavy atom. The largest absolute Gasteiger partial charge is 0.346 e. The minimum Gasteiger partial charge on any atom is -0.346 e. The predicted octanol–water partition coefficient (Wildman–Crippen LogP) is 5.68. The van der Waals surface area contributed by atoms with Crippen molar-refractivity contribution < 1.29 is 0 Å². The van der Waals surface area contributed by atoms with Crippen LogP contribution in [-0.4, -0.2) is 24.5 Å². The van der Waals surface area contributed by atoms with E-state index in [0.29, 0.717) is 0 Å². The Morgan fingerprint density at radius 3 is 2.68 bits per heavy atom. The molecule has 0 unspecified atom stereocenters. The summed E-state index contributed by atoms with van der Waals surface area (Å²) in [5.41, 5.74) is 7.53. The first kappa shape index (κ1) is 17.8. The van der Waals surface area contributed by atoms with E-state index in [4.69, 9.17) is 4.98 Å². The van der Waals surface area contributed by atoms with Crippen LogP contribution in [0.2, 0.25) is 0 Å². The van der Waals surface area contributed by atoms with Gasteiger partial charge < -0.3 is 9.55 Å². The SMILES string of the molecule is Cc1nc2cnc3ccc(-c4cnc5[nH]ccc5c4)cc3c2n1CCc1ccccc1. The third-order valence-electron chi connectivity index (χ3n) is 5.96. The van der Waals surface area contributed by atoms with Crippen LogP contribution in [0.5, 0.6) is 0 Å². The number of pyridine rings is 2. The minimum atomic E-state index is 0.882. The molecule has 0 aliphatic heterocycles. The van der Waals surface area contributed by atoms with Gasteiger partial charge in [0.25, 0.3) is 0 Å². The zero-order chi connectivity index (χ0) is 20.8. The van der Waals surface area contributed by atoms with Crippen LogP contribution in [0.4, 0.5) is 0 Å². The number of aryl methyl sites for hydroxylation is 3. The first-order chi connectivity index (χ1) is 15.3. The third kappa shape index (κ3) is 3.06. The van der Waals surface area contributed by atoms with Gasteiger partial charge in [0.15, 0.2) is 0 Å². The number of H-pyrrole nitrogens is 1. The molecule has 0 bridgehead atoms. The molecule has 0 aliphatic rings. The van der Waals surface area contributed by atoms with Crippen molar-refractivity contribution in [3.63, 3.8) is 0 Å². The maximum atomic E-state index is 4.80. The van der Waals surface area contributed by atoms with E-state index >= 15 is 0 Å². The summed E-state index contributed by atoms with van der Waals surface area (Å²) in [6, 6.07) is 21.3. The van der Waals surface area contributed by atoms with Crippen LogP contribution in [0.25, 0.3) is 44.1 Å². The summed E-state index contributed by atoms with van der Waals surface area (Å²) in [4.78, 5) is 17.2. The van der Waals surface area contributed by atoms with Crippen molar-refractivity contribution in [3.05, 3.63) is 90.6 Å². The average Bonchev–Trinajstić information content (AvgIpc) is 3.41. The highest BCUT2D eigenvalue weighted by molar-refractivity contribution is 6.04. The molecule has 0 radical (unpaired) electrons. The van der Waals surface area contributed by atoms with Gasteiger partial charge in [-0.3, -0.25) is 4.98 Å². The molecule has 150 valence electrons. The van der Waals surface area contributed by atoms with E-state index in [2.05, 4.69) is 87.1 Å². The van der Waals surface area contributed by atoms with E-state index < -0.39 is 0 Å². The van der Waals surface area contributed by atoms with Crippen molar-refractivity contribution in [1.82, 2.24) is 24.5 Å². The van der Waals surface area contributed by atoms with E-state index in [1.54, 1.807) is 0 Å². The van der Waals surface area contributed by atoms with Gasteiger partial charge >= 0.3 is 0 Å². The third-order valence-corrected chi connectivity index (χ3v) is 5.96. The highest BCUT2D eigenvalue weighted by Crippen LogP contribution is 2.30. The Labute approximate surface area is 179 Å². The van der Waals surface area contributed by atoms with E-state index in [0.717, 1.165) is 62.9 Å². The lowest BCUT2D eigenvalue weighted by atomic mass is 10.0. The van der Waals surface area contributed by atoms with Gasteiger partial charge in [0.05, 0.1) is 17.2 Å². The van der Waals surface area contributed by atoms with Gasteiger partial charge in [0, 0.05) is 35.3 Å². The first-order valence-electron chi connectivity index (χ1n) is 10.5. The molecule has 0 saturated carbocycles. The quantitative estimate of drug-likeness (QED) is 0.412. The molecule has 4 aromatic heterocycles. The van der Waals surface area contributed by atoms with Crippen molar-refractivity contribution in [2.75, 3.05) is 0 Å². The first-order valence-corrected chi connectivity index (χ1v) is 10.5. The summed E-state index contributed by atoms with van der Waals surface area (Å²) in [6.07, 6.45) is 6.69. The Kier molecular flexibility index (Phi) is 4.06. The fourth-order valence-corrected chi connectivity index (χ4v) is 4.37. The van der Waals surface area contributed by atoms with E-state index in [-0.39, 0.29) is 0 Å². The summed E-state index contributed by atoms with van der Waals surface area (Å²) in [6.45, 7) is 2.96. The number of nitrogens with zero attached hydrogens (tertiary/aromatic N) is 4. The highest BCUT2D eigenvalue weighted by Gasteiger charge is 2.13. The number of imidazole rings is 1. The summed E-state index contributed by atoms with van der Waals surface area (Å²) in [7, 11) is 0. The molecule has 6 aromatic rings. The van der Waals surface area contributed by atoms with Crippen LogP contribution >= 0.6 is 0 Å². The van der Waals surface area contributed by atoms with Crippen LogP contribution in [0.3, 0.4) is 0 Å². The summed E-state index contributed by atoms with van der Waals surface area (Å²) in [5.74, 6) is 1.01. The molecular weight excluding hydrogens is 382 g/mol. The van der Waals surface area contributed by atoms with Gasteiger partial charge in [0.2, 0.25) is 0 Å². The molecule has 2 aromatic carbocycles. The number of aromatic amines is 1. The molecule has 0 aliphatic carbocycles. The van der Waals surface area contributed by atoms with Crippen molar-refractivity contribution in [3.8, 4) is 11.1 Å². The van der Waals surface area contributed by atoms with Crippen molar-refractivity contribution in [2.24, 2.45) is 0 Å². The van der Waals surface area contributed by atoms with Crippen LogP contribution in [0, 0.1) is 6.92 Å². The van der Waals surface area contributed by atoms with Gasteiger partial charge in [-0.05, 0) is 48.7 Å². The Bertz CT molecular complexity index is 1540. The van der Waals surface area contributed by atoms with E-state index in [1.165, 1.54) is 5.56 Å². The Balaban J connectivity index is 1.49. The number of rotatable bonds is 4. The minimum absolute atomic E-state index is 0.882. The second-order valence-corrected chi connectivity index (χ2v) is 7.91. The molecule has 0 amide bonds. The topological polar surface area (TPSA) is 59.4 Å². The van der Waals surface area contributed by atoms with Crippen molar-refractivity contribution in [2.45, 2.75) is 19.9 Å². The average molecular weight is 403 g/mol. The lowest BCUT2D eigenvalue weighted by Crippen LogP contribution is -2.04. The van der Waals surface area contributed by atoms with Crippen LogP contribution in [0.15, 0.2) is 79.3 Å². The highest BCUT2D eigenvalue weighted by atomic mass is 15.1. The second kappa shape index (κ2) is 7.06. The van der Waals surface area contributed by atoms with Crippen LogP contribution in [-0.2, 0) is 13.0 Å². The molecule has 6 rings (SSSR count). The van der Waals surface area contributed by atoms with Gasteiger partial charge in [-0.1, -0.05) is 36.4 Å². The molecule has 5 heteroatoms. The standard InChI is InChI=1S/C26H21N5/c1-17-30-24-16-28-23-8-7-19(21-13-20-9-11-27-26(20)29-15-21)14-22(23)25(24)31(17)12-10-18-5-3-2-4-6-18/h2-9,11,13-16H,10,12H2,1H3,(H,27,29). The molecule has 4 heterocycles. The van der Waals surface area contributed by atoms with Crippen molar-refractivity contribution >= 4 is 33.0 Å². The number of benzene rings is 2. The number of hydrogen-bond acceptors (Lipinski definition) is 3. The lowest BCUT2D eigenvalue weighted by molar-refractivity contribution is 0.693. The molecule has 1 N–H and O–H groups in total. The Hall–Kier alpha value is -3.99. The zero-order valence-electron chi connectivity index (χ0n) is 17.2. The van der Waals surface area contributed by atoms with E-state index in [9.17, 15) is 0 Å². The number of nitrogens with one attached hydrogen (secondary N) is 1. The maximum Gasteiger partial charge on any atom is 0.137 e. The van der Waals surface area contributed by atoms with Crippen LogP contribution < -0.4 is 0 Å². The molecular formula is C26H21N5. The van der Waals surface area contributed by atoms with Crippen LogP contribution in [0.1, 0.15) is 11.4 Å². The fourth-order valence-electron chi connectivity index (χ4n) is 4.37. The van der Waals surface area contributed by atoms with Gasteiger partial charge in [-0.25, -0.2) is 9.97 Å². The number of aromatic nitrogens is 5. The van der Waals surface area contributed by atoms with Gasteiger partial charge in [-0.15, -0.1) is 0 Å². The molecule has 0 fully saturated rings. The molecule has 31 heavy (non-hydrogen) atoms. The van der Waals surface area contributed by atoms with Gasteiger partial charge in [-0.2, -0.15) is 0 Å². The monoisotopic (exact) mass is 403 g/mol.